The first-order valence-corrected chi connectivity index (χ1v) is 7.67. The maximum Gasteiger partial charge on any atom is 0.307 e. The van der Waals surface area contributed by atoms with Crippen LogP contribution in [0.3, 0.4) is 0 Å². The van der Waals surface area contributed by atoms with Gasteiger partial charge in [-0.1, -0.05) is 51.2 Å². The molecule has 0 saturated carbocycles. The van der Waals surface area contributed by atoms with Gasteiger partial charge in [-0.2, -0.15) is 0 Å². The first kappa shape index (κ1) is 18.7. The molecule has 116 valence electrons. The molecule has 0 heterocycles. The van der Waals surface area contributed by atoms with E-state index in [1.807, 2.05) is 0 Å². The van der Waals surface area contributed by atoms with E-state index >= 15 is 0 Å². The molecule has 0 rings (SSSR count). The van der Waals surface area contributed by atoms with Gasteiger partial charge in [-0.05, 0) is 25.7 Å². The molecule has 2 N–H and O–H groups in total. The van der Waals surface area contributed by atoms with Crippen molar-refractivity contribution in [3.05, 3.63) is 12.2 Å². The number of unbranched alkanes of at least 4 members (excludes halogenated alkanes) is 6. The maximum absolute atomic E-state index is 10.9. The summed E-state index contributed by atoms with van der Waals surface area (Å²) < 4.78 is 0. The van der Waals surface area contributed by atoms with Crippen LogP contribution in [0.1, 0.15) is 71.1 Å². The second kappa shape index (κ2) is 12.7. The van der Waals surface area contributed by atoms with Crippen molar-refractivity contribution in [2.24, 2.45) is 5.92 Å². The molecular formula is C16H28O4. The summed E-state index contributed by atoms with van der Waals surface area (Å²) in [6.07, 6.45) is 13.4. The van der Waals surface area contributed by atoms with Crippen LogP contribution >= 0.6 is 0 Å². The number of hydrogen-bond acceptors (Lipinski definition) is 2. The fourth-order valence-corrected chi connectivity index (χ4v) is 2.11. The molecule has 0 aromatic heterocycles. The van der Waals surface area contributed by atoms with Crippen molar-refractivity contribution < 1.29 is 19.8 Å². The van der Waals surface area contributed by atoms with Crippen LogP contribution < -0.4 is 0 Å². The lowest BCUT2D eigenvalue weighted by Crippen LogP contribution is -2.17. The monoisotopic (exact) mass is 284 g/mol. The number of aliphatic carboxylic acids is 2. The molecular weight excluding hydrogens is 256 g/mol. The zero-order chi connectivity index (χ0) is 15.2. The second-order valence-corrected chi connectivity index (χ2v) is 5.24. The van der Waals surface area contributed by atoms with Crippen LogP contribution in [0.15, 0.2) is 12.2 Å². The summed E-state index contributed by atoms with van der Waals surface area (Å²) >= 11 is 0. The number of hydrogen-bond donors (Lipinski definition) is 2. The summed E-state index contributed by atoms with van der Waals surface area (Å²) in [6.45, 7) is 2.17. The van der Waals surface area contributed by atoms with Crippen molar-refractivity contribution in [1.82, 2.24) is 0 Å². The fraction of sp³-hybridized carbons (Fsp3) is 0.750. The lowest BCUT2D eigenvalue weighted by Gasteiger charge is -2.09. The van der Waals surface area contributed by atoms with E-state index in [2.05, 4.69) is 19.1 Å². The lowest BCUT2D eigenvalue weighted by molar-refractivity contribution is -0.148. The zero-order valence-corrected chi connectivity index (χ0v) is 12.5. The van der Waals surface area contributed by atoms with Gasteiger partial charge >= 0.3 is 11.9 Å². The molecule has 0 aromatic carbocycles. The summed E-state index contributed by atoms with van der Waals surface area (Å²) in [7, 11) is 0. The number of rotatable bonds is 13. The number of allylic oxidation sites excluding steroid dienone is 2. The van der Waals surface area contributed by atoms with Crippen molar-refractivity contribution in [2.75, 3.05) is 0 Å². The molecule has 0 amide bonds. The quantitative estimate of drug-likeness (QED) is 0.391. The molecule has 0 bridgehead atoms. The Morgan fingerprint density at radius 3 is 2.15 bits per heavy atom. The molecule has 1 unspecified atom stereocenters. The van der Waals surface area contributed by atoms with Gasteiger partial charge in [0.2, 0.25) is 0 Å². The van der Waals surface area contributed by atoms with Gasteiger partial charge in [0.05, 0.1) is 12.3 Å². The minimum absolute atomic E-state index is 0.266. The van der Waals surface area contributed by atoms with Gasteiger partial charge in [-0.25, -0.2) is 0 Å². The van der Waals surface area contributed by atoms with E-state index in [-0.39, 0.29) is 6.42 Å². The highest BCUT2D eigenvalue weighted by atomic mass is 16.4. The molecule has 0 aromatic rings. The average molecular weight is 284 g/mol. The van der Waals surface area contributed by atoms with Gasteiger partial charge in [-0.15, -0.1) is 0 Å². The van der Waals surface area contributed by atoms with Crippen LogP contribution in [-0.4, -0.2) is 22.2 Å². The molecule has 0 aliphatic rings. The van der Waals surface area contributed by atoms with Crippen molar-refractivity contribution in [3.8, 4) is 0 Å². The average Bonchev–Trinajstić information content (AvgIpc) is 2.39. The third-order valence-electron chi connectivity index (χ3n) is 3.32. The minimum atomic E-state index is -1.03. The van der Waals surface area contributed by atoms with Gasteiger partial charge < -0.3 is 10.2 Å². The Hall–Kier alpha value is -1.32. The molecule has 1 atom stereocenters. The minimum Gasteiger partial charge on any atom is -0.481 e. The van der Waals surface area contributed by atoms with E-state index in [1.54, 1.807) is 0 Å². The van der Waals surface area contributed by atoms with Gasteiger partial charge in [0, 0.05) is 0 Å². The smallest absolute Gasteiger partial charge is 0.307 e. The van der Waals surface area contributed by atoms with Crippen molar-refractivity contribution >= 4 is 11.9 Å². The van der Waals surface area contributed by atoms with E-state index in [0.717, 1.165) is 38.5 Å². The molecule has 0 spiro atoms. The van der Waals surface area contributed by atoms with Crippen molar-refractivity contribution in [3.63, 3.8) is 0 Å². The Morgan fingerprint density at radius 2 is 1.55 bits per heavy atom. The molecule has 0 aliphatic carbocycles. The summed E-state index contributed by atoms with van der Waals surface area (Å²) in [5.41, 5.74) is 0. The van der Waals surface area contributed by atoms with Crippen LogP contribution in [0, 0.1) is 5.92 Å². The SMILES string of the molecule is CCC/C=C/CCCCCCCC(CC(=O)O)C(=O)O. The largest absolute Gasteiger partial charge is 0.481 e. The normalized spacial score (nSPS) is 12.7. The van der Waals surface area contributed by atoms with Crippen molar-refractivity contribution in [2.45, 2.75) is 71.1 Å². The highest BCUT2D eigenvalue weighted by molar-refractivity contribution is 5.77. The summed E-state index contributed by atoms with van der Waals surface area (Å²) in [5.74, 6) is -2.76. The lowest BCUT2D eigenvalue weighted by atomic mass is 9.97. The topological polar surface area (TPSA) is 74.6 Å². The molecule has 0 aliphatic heterocycles. The highest BCUT2D eigenvalue weighted by Gasteiger charge is 2.19. The van der Waals surface area contributed by atoms with Crippen LogP contribution in [0.5, 0.6) is 0 Å². The van der Waals surface area contributed by atoms with Gasteiger partial charge in [-0.3, -0.25) is 9.59 Å². The molecule has 0 saturated heterocycles. The van der Waals surface area contributed by atoms with Crippen LogP contribution in [0.2, 0.25) is 0 Å². The summed E-state index contributed by atoms with van der Waals surface area (Å²) in [5, 5.41) is 17.5. The fourth-order valence-electron chi connectivity index (χ4n) is 2.11. The summed E-state index contributed by atoms with van der Waals surface area (Å²) in [4.78, 5) is 21.4. The van der Waals surface area contributed by atoms with E-state index in [1.165, 1.54) is 12.8 Å². The van der Waals surface area contributed by atoms with Gasteiger partial charge in [0.1, 0.15) is 0 Å². The third-order valence-corrected chi connectivity index (χ3v) is 3.32. The van der Waals surface area contributed by atoms with Gasteiger partial charge in [0.25, 0.3) is 0 Å². The maximum atomic E-state index is 10.9. The first-order valence-electron chi connectivity index (χ1n) is 7.67. The highest BCUT2D eigenvalue weighted by Crippen LogP contribution is 2.15. The van der Waals surface area contributed by atoms with Crippen LogP contribution in [0.25, 0.3) is 0 Å². The van der Waals surface area contributed by atoms with E-state index < -0.39 is 17.9 Å². The Balaban J connectivity index is 3.50. The van der Waals surface area contributed by atoms with E-state index in [4.69, 9.17) is 10.2 Å². The molecule has 4 nitrogen and oxygen atoms in total. The van der Waals surface area contributed by atoms with Gasteiger partial charge in [0.15, 0.2) is 0 Å². The Morgan fingerprint density at radius 1 is 0.950 bits per heavy atom. The number of carboxylic acids is 2. The third kappa shape index (κ3) is 11.8. The standard InChI is InChI=1S/C16H28O4/c1-2-3-4-5-6-7-8-9-10-11-12-14(16(19)20)13-15(17)18/h4-5,14H,2-3,6-13H2,1H3,(H,17,18)(H,19,20)/b5-4+. The molecule has 4 heteroatoms. The summed E-state index contributed by atoms with van der Waals surface area (Å²) in [6, 6.07) is 0. The zero-order valence-electron chi connectivity index (χ0n) is 12.5. The van der Waals surface area contributed by atoms with Crippen molar-refractivity contribution in [1.29, 1.82) is 0 Å². The van der Waals surface area contributed by atoms with Crippen LogP contribution in [-0.2, 0) is 9.59 Å². The Kier molecular flexibility index (Phi) is 11.9. The molecule has 0 radical (unpaired) electrons. The molecule has 20 heavy (non-hydrogen) atoms. The van der Waals surface area contributed by atoms with Crippen LogP contribution in [0.4, 0.5) is 0 Å². The van der Waals surface area contributed by atoms with E-state index in [9.17, 15) is 9.59 Å². The number of carbonyl (C=O) groups is 2. The Bertz CT molecular complexity index is 297. The first-order chi connectivity index (χ1) is 9.57. The van der Waals surface area contributed by atoms with E-state index in [0.29, 0.717) is 6.42 Å². The molecule has 0 fully saturated rings. The predicted molar refractivity (Wildman–Crippen MR) is 79.7 cm³/mol. The second-order valence-electron chi connectivity index (χ2n) is 5.24. The Labute approximate surface area is 121 Å². The predicted octanol–water partition coefficient (Wildman–Crippen LogP) is 4.25. The number of carboxylic acid groups (broad SMARTS) is 2.